The molecule has 2 fully saturated rings. The van der Waals surface area contributed by atoms with Gasteiger partial charge in [0.2, 0.25) is 11.8 Å². The zero-order chi connectivity index (χ0) is 33.0. The van der Waals surface area contributed by atoms with Gasteiger partial charge in [-0.1, -0.05) is 25.0 Å². The van der Waals surface area contributed by atoms with E-state index >= 15 is 0 Å². The Balaban J connectivity index is 1.34. The molecule has 4 heterocycles. The minimum absolute atomic E-state index is 0.0000399. The number of aromatic nitrogens is 1. The number of likely N-dealkylation sites (tertiary alicyclic amines) is 2. The van der Waals surface area contributed by atoms with Crippen LogP contribution in [0.1, 0.15) is 61.7 Å². The maximum atomic E-state index is 14.0. The number of piperidine rings is 2. The Morgan fingerprint density at radius 1 is 0.830 bits per heavy atom. The van der Waals surface area contributed by atoms with Crippen molar-refractivity contribution in [2.45, 2.75) is 51.4 Å². The lowest BCUT2D eigenvalue weighted by Gasteiger charge is -2.30. The van der Waals surface area contributed by atoms with E-state index in [1.807, 2.05) is 29.2 Å². The van der Waals surface area contributed by atoms with E-state index in [2.05, 4.69) is 39.5 Å². The molecular formula is C36H53N7O4. The van der Waals surface area contributed by atoms with Crippen molar-refractivity contribution < 1.29 is 19.1 Å². The van der Waals surface area contributed by atoms with Gasteiger partial charge < -0.3 is 35.0 Å². The number of rotatable bonds is 8. The van der Waals surface area contributed by atoms with E-state index in [1.54, 1.807) is 23.4 Å². The van der Waals surface area contributed by atoms with Crippen LogP contribution in [0.3, 0.4) is 0 Å². The second kappa shape index (κ2) is 17.5. The second-order valence-corrected chi connectivity index (χ2v) is 13.6. The predicted octanol–water partition coefficient (Wildman–Crippen LogP) is 3.53. The molecule has 47 heavy (non-hydrogen) atoms. The van der Waals surface area contributed by atoms with Crippen LogP contribution < -0.4 is 20.3 Å². The Labute approximate surface area is 280 Å². The van der Waals surface area contributed by atoms with Crippen LogP contribution in [0.4, 0.5) is 11.4 Å². The van der Waals surface area contributed by atoms with Crippen LogP contribution in [-0.2, 0) is 9.59 Å². The van der Waals surface area contributed by atoms with Crippen molar-refractivity contribution in [2.75, 3.05) is 84.5 Å². The molecule has 2 unspecified atom stereocenters. The Kier molecular flexibility index (Phi) is 12.9. The van der Waals surface area contributed by atoms with Crippen molar-refractivity contribution in [1.29, 1.82) is 0 Å². The highest BCUT2D eigenvalue weighted by Crippen LogP contribution is 2.34. The highest BCUT2D eigenvalue weighted by atomic mass is 16.5. The molecule has 0 spiro atoms. The SMILES string of the molecule is CN1CCCC(CNC(=O)CN2CCCCCCOc3ccccc3N(CC(=O)NCC3CCCN(C)C3)c3cncc(c3)C2=O)C1. The van der Waals surface area contributed by atoms with E-state index in [0.29, 0.717) is 55.1 Å². The minimum Gasteiger partial charge on any atom is -0.491 e. The van der Waals surface area contributed by atoms with E-state index in [-0.39, 0.29) is 30.8 Å². The van der Waals surface area contributed by atoms with Crippen LogP contribution in [0.15, 0.2) is 42.7 Å². The molecule has 1 aromatic carbocycles. The van der Waals surface area contributed by atoms with Crippen molar-refractivity contribution in [3.63, 3.8) is 0 Å². The van der Waals surface area contributed by atoms with Crippen LogP contribution in [-0.4, -0.2) is 117 Å². The largest absolute Gasteiger partial charge is 0.491 e. The Morgan fingerprint density at radius 2 is 1.49 bits per heavy atom. The molecule has 2 atom stereocenters. The number of anilines is 2. The maximum Gasteiger partial charge on any atom is 0.255 e. The van der Waals surface area contributed by atoms with Crippen molar-refractivity contribution in [2.24, 2.45) is 11.8 Å². The van der Waals surface area contributed by atoms with Crippen LogP contribution in [0.25, 0.3) is 0 Å². The normalized spacial score (nSPS) is 22.0. The first kappa shape index (κ1) is 34.6. The molecular weight excluding hydrogens is 594 g/mol. The quantitative estimate of drug-likeness (QED) is 0.448. The van der Waals surface area contributed by atoms with Gasteiger partial charge in [0.25, 0.3) is 5.91 Å². The molecule has 3 aliphatic rings. The summed E-state index contributed by atoms with van der Waals surface area (Å²) in [7, 11) is 4.24. The number of carbonyl (C=O) groups is 3. The van der Waals surface area contributed by atoms with Gasteiger partial charge in [-0.2, -0.15) is 0 Å². The molecule has 3 aliphatic heterocycles. The first-order valence-corrected chi connectivity index (χ1v) is 17.5. The molecule has 2 N–H and O–H groups in total. The molecule has 2 aromatic rings. The summed E-state index contributed by atoms with van der Waals surface area (Å²) in [6, 6.07) is 9.49. The minimum atomic E-state index is -0.239. The van der Waals surface area contributed by atoms with Gasteiger partial charge in [-0.25, -0.2) is 0 Å². The average molecular weight is 648 g/mol. The van der Waals surface area contributed by atoms with E-state index in [4.69, 9.17) is 4.74 Å². The molecule has 1 aromatic heterocycles. The van der Waals surface area contributed by atoms with Gasteiger partial charge in [-0.3, -0.25) is 19.4 Å². The Morgan fingerprint density at radius 3 is 2.19 bits per heavy atom. The number of pyridine rings is 1. The van der Waals surface area contributed by atoms with Crippen molar-refractivity contribution in [1.82, 2.24) is 30.3 Å². The van der Waals surface area contributed by atoms with Crippen molar-refractivity contribution in [3.8, 4) is 5.75 Å². The number of fused-ring (bicyclic) bond motifs is 3. The van der Waals surface area contributed by atoms with E-state index < -0.39 is 0 Å². The Bertz CT molecular complexity index is 1340. The fourth-order valence-corrected chi connectivity index (χ4v) is 7.01. The summed E-state index contributed by atoms with van der Waals surface area (Å²) in [4.78, 5) is 53.1. The lowest BCUT2D eigenvalue weighted by molar-refractivity contribution is -0.122. The zero-order valence-electron chi connectivity index (χ0n) is 28.3. The third-order valence-corrected chi connectivity index (χ3v) is 9.56. The molecule has 5 rings (SSSR count). The van der Waals surface area contributed by atoms with Gasteiger partial charge in [-0.05, 0) is 95.7 Å². The number of nitrogens with one attached hydrogen (secondary N) is 2. The summed E-state index contributed by atoms with van der Waals surface area (Å²) in [6.07, 6.45) is 11.2. The molecule has 0 radical (unpaired) electrons. The molecule has 0 aliphatic carbocycles. The van der Waals surface area contributed by atoms with Gasteiger partial charge in [-0.15, -0.1) is 0 Å². The number of ether oxygens (including phenoxy) is 1. The molecule has 11 nitrogen and oxygen atoms in total. The van der Waals surface area contributed by atoms with Crippen LogP contribution >= 0.6 is 0 Å². The first-order chi connectivity index (χ1) is 22.9. The van der Waals surface area contributed by atoms with Gasteiger partial charge in [0, 0.05) is 38.9 Å². The Hall–Kier alpha value is -3.70. The number of para-hydroxylation sites is 2. The monoisotopic (exact) mass is 647 g/mol. The summed E-state index contributed by atoms with van der Waals surface area (Å²) >= 11 is 0. The van der Waals surface area contributed by atoms with Gasteiger partial charge in [0.15, 0.2) is 0 Å². The summed E-state index contributed by atoms with van der Waals surface area (Å²) in [5, 5.41) is 6.25. The highest BCUT2D eigenvalue weighted by molar-refractivity contribution is 5.97. The van der Waals surface area contributed by atoms with Gasteiger partial charge >= 0.3 is 0 Å². The topological polar surface area (TPSA) is 110 Å². The number of amides is 3. The zero-order valence-corrected chi connectivity index (χ0v) is 28.3. The fraction of sp³-hybridized carbons (Fsp3) is 0.611. The number of nitrogens with zero attached hydrogens (tertiary/aromatic N) is 5. The van der Waals surface area contributed by atoms with E-state index in [9.17, 15) is 14.4 Å². The van der Waals surface area contributed by atoms with E-state index in [1.165, 1.54) is 0 Å². The smallest absolute Gasteiger partial charge is 0.255 e. The van der Waals surface area contributed by atoms with Crippen LogP contribution in [0, 0.1) is 11.8 Å². The van der Waals surface area contributed by atoms with Crippen LogP contribution in [0.2, 0.25) is 0 Å². The highest BCUT2D eigenvalue weighted by Gasteiger charge is 2.25. The predicted molar refractivity (Wildman–Crippen MR) is 184 cm³/mol. The number of benzene rings is 1. The third-order valence-electron chi connectivity index (χ3n) is 9.56. The molecule has 2 bridgehead atoms. The van der Waals surface area contributed by atoms with Gasteiger partial charge in [0.05, 0.1) is 36.3 Å². The second-order valence-electron chi connectivity index (χ2n) is 13.6. The van der Waals surface area contributed by atoms with Crippen LogP contribution in [0.5, 0.6) is 5.75 Å². The fourth-order valence-electron chi connectivity index (χ4n) is 7.01. The molecule has 3 amide bonds. The lowest BCUT2D eigenvalue weighted by Crippen LogP contribution is -2.44. The first-order valence-electron chi connectivity index (χ1n) is 17.5. The summed E-state index contributed by atoms with van der Waals surface area (Å²) in [5.74, 6) is 1.05. The number of carbonyl (C=O) groups excluding carboxylic acids is 3. The molecule has 256 valence electrons. The molecule has 0 saturated carbocycles. The number of hydrogen-bond acceptors (Lipinski definition) is 8. The average Bonchev–Trinajstić information content (AvgIpc) is 3.08. The van der Waals surface area contributed by atoms with Gasteiger partial charge in [0.1, 0.15) is 12.3 Å². The summed E-state index contributed by atoms with van der Waals surface area (Å²) in [6.45, 7) is 6.46. The summed E-state index contributed by atoms with van der Waals surface area (Å²) < 4.78 is 6.26. The standard InChI is InChI=1S/C36H53N7O4/c1-40-15-9-11-28(24-40)20-38-34(44)26-42-17-7-3-4-8-18-47-33-14-6-5-13-32(33)43(31-19-30(36(42)46)22-37-23-31)27-35(45)39-21-29-12-10-16-41(2)25-29/h5-6,13-14,19,22-23,28-29H,3-4,7-12,15-18,20-21,24-27H2,1-2H3,(H,38,44)(H,39,45). The third kappa shape index (κ3) is 10.4. The molecule has 11 heteroatoms. The van der Waals surface area contributed by atoms with E-state index in [0.717, 1.165) is 83.2 Å². The molecule has 2 saturated heterocycles. The maximum absolute atomic E-state index is 14.0. The van der Waals surface area contributed by atoms with Crippen molar-refractivity contribution in [3.05, 3.63) is 48.3 Å². The summed E-state index contributed by atoms with van der Waals surface area (Å²) in [5.41, 5.74) is 1.74. The van der Waals surface area contributed by atoms with Crippen molar-refractivity contribution >= 4 is 29.1 Å². The lowest BCUT2D eigenvalue weighted by atomic mass is 9.98. The number of hydrogen-bond donors (Lipinski definition) is 2.